The molecule has 1 aliphatic heterocycles. The fourth-order valence-electron chi connectivity index (χ4n) is 2.93. The fraction of sp³-hybridized carbons (Fsp3) is 0.923. The van der Waals surface area contributed by atoms with E-state index in [0.29, 0.717) is 6.04 Å². The summed E-state index contributed by atoms with van der Waals surface area (Å²) in [5.41, 5.74) is 0. The largest absolute Gasteiger partial charge is 0.335 e. The van der Waals surface area contributed by atoms with E-state index in [2.05, 4.69) is 12.2 Å². The van der Waals surface area contributed by atoms with Gasteiger partial charge in [-0.05, 0) is 38.0 Å². The first-order valence-electron chi connectivity index (χ1n) is 6.81. The van der Waals surface area contributed by atoms with Crippen molar-refractivity contribution in [3.05, 3.63) is 0 Å². The predicted molar refractivity (Wildman–Crippen MR) is 65.4 cm³/mol. The lowest BCUT2D eigenvalue weighted by Gasteiger charge is -2.32. The normalized spacial score (nSPS) is 31.2. The molecular weight excluding hydrogens is 200 g/mol. The van der Waals surface area contributed by atoms with Gasteiger partial charge in [0.25, 0.3) is 0 Å². The molecule has 1 aliphatic carbocycles. The first kappa shape index (κ1) is 11.7. The van der Waals surface area contributed by atoms with E-state index >= 15 is 0 Å². The number of piperidine rings is 1. The van der Waals surface area contributed by atoms with E-state index in [1.807, 2.05) is 4.90 Å². The SMILES string of the molecule is CC1CCCC(NC(=O)N2CCCCC2)C1. The number of carbonyl (C=O) groups is 1. The number of likely N-dealkylation sites (tertiary alicyclic amines) is 1. The summed E-state index contributed by atoms with van der Waals surface area (Å²) >= 11 is 0. The van der Waals surface area contributed by atoms with E-state index < -0.39 is 0 Å². The quantitative estimate of drug-likeness (QED) is 0.730. The molecule has 1 saturated carbocycles. The Morgan fingerprint density at radius 2 is 1.88 bits per heavy atom. The number of urea groups is 1. The van der Waals surface area contributed by atoms with Crippen LogP contribution in [-0.2, 0) is 0 Å². The minimum absolute atomic E-state index is 0.179. The first-order chi connectivity index (χ1) is 7.75. The molecule has 0 aromatic carbocycles. The van der Waals surface area contributed by atoms with Crippen LogP contribution in [0.1, 0.15) is 51.9 Å². The van der Waals surface area contributed by atoms with Crippen molar-refractivity contribution in [1.82, 2.24) is 10.2 Å². The molecule has 2 fully saturated rings. The van der Waals surface area contributed by atoms with Gasteiger partial charge in [-0.15, -0.1) is 0 Å². The molecule has 0 aromatic heterocycles. The van der Waals surface area contributed by atoms with Crippen LogP contribution < -0.4 is 5.32 Å². The zero-order chi connectivity index (χ0) is 11.4. The molecule has 0 spiro atoms. The van der Waals surface area contributed by atoms with Gasteiger partial charge in [-0.2, -0.15) is 0 Å². The molecule has 1 heterocycles. The number of rotatable bonds is 1. The monoisotopic (exact) mass is 224 g/mol. The maximum Gasteiger partial charge on any atom is 0.317 e. The fourth-order valence-corrected chi connectivity index (χ4v) is 2.93. The van der Waals surface area contributed by atoms with Gasteiger partial charge in [0.15, 0.2) is 0 Å². The second-order valence-corrected chi connectivity index (χ2v) is 5.47. The standard InChI is InChI=1S/C13H24N2O/c1-11-6-5-7-12(10-11)14-13(16)15-8-3-2-4-9-15/h11-12H,2-10H2,1H3,(H,14,16). The number of hydrogen-bond acceptors (Lipinski definition) is 1. The second kappa shape index (κ2) is 5.55. The Morgan fingerprint density at radius 3 is 2.56 bits per heavy atom. The Balaban J connectivity index is 1.77. The summed E-state index contributed by atoms with van der Waals surface area (Å²) in [6.07, 6.45) is 8.57. The summed E-state index contributed by atoms with van der Waals surface area (Å²) in [7, 11) is 0. The maximum atomic E-state index is 12.0. The zero-order valence-corrected chi connectivity index (χ0v) is 10.4. The average molecular weight is 224 g/mol. The number of carbonyl (C=O) groups excluding carboxylic acids is 1. The molecule has 2 aliphatic rings. The van der Waals surface area contributed by atoms with Crippen molar-refractivity contribution in [2.24, 2.45) is 5.92 Å². The maximum absolute atomic E-state index is 12.0. The van der Waals surface area contributed by atoms with Crippen LogP contribution in [0.25, 0.3) is 0 Å². The van der Waals surface area contributed by atoms with E-state index in [-0.39, 0.29) is 6.03 Å². The lowest BCUT2D eigenvalue weighted by atomic mass is 9.87. The smallest absolute Gasteiger partial charge is 0.317 e. The molecule has 1 N–H and O–H groups in total. The minimum Gasteiger partial charge on any atom is -0.335 e. The summed E-state index contributed by atoms with van der Waals surface area (Å²) in [4.78, 5) is 14.0. The molecular formula is C13H24N2O. The average Bonchev–Trinajstić information content (AvgIpc) is 2.30. The Labute approximate surface area is 98.6 Å². The Hall–Kier alpha value is -0.730. The highest BCUT2D eigenvalue weighted by molar-refractivity contribution is 5.74. The summed E-state index contributed by atoms with van der Waals surface area (Å²) in [5, 5.41) is 3.21. The van der Waals surface area contributed by atoms with Gasteiger partial charge in [-0.25, -0.2) is 4.79 Å². The van der Waals surface area contributed by atoms with Gasteiger partial charge in [0.05, 0.1) is 0 Å². The third kappa shape index (κ3) is 3.13. The van der Waals surface area contributed by atoms with E-state index in [9.17, 15) is 4.79 Å². The van der Waals surface area contributed by atoms with Crippen molar-refractivity contribution in [3.8, 4) is 0 Å². The summed E-state index contributed by atoms with van der Waals surface area (Å²) in [6.45, 7) is 4.20. The van der Waals surface area contributed by atoms with Crippen molar-refractivity contribution in [1.29, 1.82) is 0 Å². The van der Waals surface area contributed by atoms with Crippen LogP contribution >= 0.6 is 0 Å². The summed E-state index contributed by atoms with van der Waals surface area (Å²) < 4.78 is 0. The number of nitrogens with one attached hydrogen (secondary N) is 1. The molecule has 2 amide bonds. The van der Waals surface area contributed by atoms with E-state index in [1.54, 1.807) is 0 Å². The summed E-state index contributed by atoms with van der Waals surface area (Å²) in [5.74, 6) is 0.778. The van der Waals surface area contributed by atoms with Gasteiger partial charge >= 0.3 is 6.03 Å². The third-order valence-corrected chi connectivity index (χ3v) is 3.91. The molecule has 3 nitrogen and oxygen atoms in total. The van der Waals surface area contributed by atoms with Gasteiger partial charge in [0.2, 0.25) is 0 Å². The Kier molecular flexibility index (Phi) is 4.08. The van der Waals surface area contributed by atoms with Crippen LogP contribution in [0.3, 0.4) is 0 Å². The second-order valence-electron chi connectivity index (χ2n) is 5.47. The van der Waals surface area contributed by atoms with Crippen molar-refractivity contribution in [3.63, 3.8) is 0 Å². The molecule has 2 unspecified atom stereocenters. The molecule has 3 heteroatoms. The molecule has 2 atom stereocenters. The molecule has 16 heavy (non-hydrogen) atoms. The molecule has 0 aromatic rings. The van der Waals surface area contributed by atoms with Crippen LogP contribution in [0.15, 0.2) is 0 Å². The van der Waals surface area contributed by atoms with Gasteiger partial charge in [0.1, 0.15) is 0 Å². The van der Waals surface area contributed by atoms with Crippen molar-refractivity contribution < 1.29 is 4.79 Å². The van der Waals surface area contributed by atoms with Gasteiger partial charge < -0.3 is 10.2 Å². The lowest BCUT2D eigenvalue weighted by Crippen LogP contribution is -2.47. The van der Waals surface area contributed by atoms with E-state index in [0.717, 1.165) is 19.0 Å². The van der Waals surface area contributed by atoms with E-state index in [1.165, 1.54) is 44.9 Å². The third-order valence-electron chi connectivity index (χ3n) is 3.91. The topological polar surface area (TPSA) is 32.3 Å². The van der Waals surface area contributed by atoms with Crippen LogP contribution in [0.5, 0.6) is 0 Å². The number of hydrogen-bond donors (Lipinski definition) is 1. The van der Waals surface area contributed by atoms with Crippen LogP contribution in [0, 0.1) is 5.92 Å². The zero-order valence-electron chi connectivity index (χ0n) is 10.4. The highest BCUT2D eigenvalue weighted by Crippen LogP contribution is 2.23. The van der Waals surface area contributed by atoms with Gasteiger partial charge in [-0.3, -0.25) is 0 Å². The van der Waals surface area contributed by atoms with Crippen LogP contribution in [0.4, 0.5) is 4.79 Å². The van der Waals surface area contributed by atoms with Gasteiger partial charge in [0, 0.05) is 19.1 Å². The Bertz CT molecular complexity index is 236. The lowest BCUT2D eigenvalue weighted by molar-refractivity contribution is 0.176. The summed E-state index contributed by atoms with van der Waals surface area (Å²) in [6, 6.07) is 0.608. The van der Waals surface area contributed by atoms with Gasteiger partial charge in [-0.1, -0.05) is 19.8 Å². The van der Waals surface area contributed by atoms with Crippen molar-refractivity contribution in [2.45, 2.75) is 57.9 Å². The van der Waals surface area contributed by atoms with Crippen molar-refractivity contribution in [2.75, 3.05) is 13.1 Å². The minimum atomic E-state index is 0.179. The van der Waals surface area contributed by atoms with Crippen LogP contribution in [-0.4, -0.2) is 30.1 Å². The molecule has 1 saturated heterocycles. The highest BCUT2D eigenvalue weighted by atomic mass is 16.2. The van der Waals surface area contributed by atoms with E-state index in [4.69, 9.17) is 0 Å². The van der Waals surface area contributed by atoms with Crippen molar-refractivity contribution >= 4 is 6.03 Å². The molecule has 2 rings (SSSR count). The predicted octanol–water partition coefficient (Wildman–Crippen LogP) is 2.76. The molecule has 0 bridgehead atoms. The highest BCUT2D eigenvalue weighted by Gasteiger charge is 2.23. The Morgan fingerprint density at radius 1 is 1.12 bits per heavy atom. The van der Waals surface area contributed by atoms with Crippen LogP contribution in [0.2, 0.25) is 0 Å². The molecule has 92 valence electrons. The first-order valence-corrected chi connectivity index (χ1v) is 6.81. The number of amides is 2. The molecule has 0 radical (unpaired) electrons. The number of nitrogens with zero attached hydrogens (tertiary/aromatic N) is 1.